The van der Waals surface area contributed by atoms with Crippen LogP contribution in [0.3, 0.4) is 0 Å². The van der Waals surface area contributed by atoms with Crippen molar-refractivity contribution in [2.24, 2.45) is 0 Å². The van der Waals surface area contributed by atoms with E-state index in [4.69, 9.17) is 0 Å². The van der Waals surface area contributed by atoms with Gasteiger partial charge in [0.05, 0.1) is 12.6 Å². The number of aromatic nitrogens is 2. The summed E-state index contributed by atoms with van der Waals surface area (Å²) < 4.78 is 1.39. The summed E-state index contributed by atoms with van der Waals surface area (Å²) in [5, 5.41) is 19.4. The maximum atomic E-state index is 12.4. The van der Waals surface area contributed by atoms with Gasteiger partial charge in [-0.25, -0.2) is 0 Å². The lowest BCUT2D eigenvalue weighted by atomic mass is 9.97. The van der Waals surface area contributed by atoms with Crippen molar-refractivity contribution in [2.75, 3.05) is 13.1 Å². The van der Waals surface area contributed by atoms with Crippen molar-refractivity contribution in [2.45, 2.75) is 39.8 Å². The van der Waals surface area contributed by atoms with Crippen molar-refractivity contribution in [1.29, 1.82) is 0 Å². The second kappa shape index (κ2) is 7.29. The topological polar surface area (TPSA) is 96.2 Å². The Morgan fingerprint density at radius 3 is 2.69 bits per heavy atom. The predicted molar refractivity (Wildman–Crippen MR) is 97.3 cm³/mol. The van der Waals surface area contributed by atoms with Crippen LogP contribution in [-0.2, 0) is 13.0 Å². The van der Waals surface area contributed by atoms with E-state index in [0.717, 1.165) is 6.42 Å². The molecule has 0 fully saturated rings. The Bertz CT molecular complexity index is 833. The molecule has 1 atom stereocenters. The molecular weight excluding hydrogens is 332 g/mol. The third-order valence-electron chi connectivity index (χ3n) is 4.63. The first kappa shape index (κ1) is 18.1. The van der Waals surface area contributed by atoms with Crippen molar-refractivity contribution >= 4 is 11.8 Å². The van der Waals surface area contributed by atoms with E-state index in [1.54, 1.807) is 0 Å². The second-order valence-electron chi connectivity index (χ2n) is 6.84. The Morgan fingerprint density at radius 2 is 2.00 bits per heavy atom. The van der Waals surface area contributed by atoms with Gasteiger partial charge in [0.2, 0.25) is 0 Å². The fourth-order valence-corrected chi connectivity index (χ4v) is 3.41. The van der Waals surface area contributed by atoms with Crippen molar-refractivity contribution < 1.29 is 14.7 Å². The molecule has 0 spiro atoms. The average molecular weight is 356 g/mol. The molecule has 1 aromatic heterocycles. The molecule has 2 amide bonds. The van der Waals surface area contributed by atoms with Crippen molar-refractivity contribution in [3.8, 4) is 0 Å². The normalized spacial score (nSPS) is 16.6. The number of amides is 2. The zero-order chi connectivity index (χ0) is 18.8. The first-order chi connectivity index (χ1) is 12.3. The van der Waals surface area contributed by atoms with E-state index < -0.39 is 6.10 Å². The zero-order valence-corrected chi connectivity index (χ0v) is 15.3. The van der Waals surface area contributed by atoms with Gasteiger partial charge in [0, 0.05) is 19.2 Å². The predicted octanol–water partition coefficient (Wildman–Crippen LogP) is 0.885. The van der Waals surface area contributed by atoms with Crippen molar-refractivity contribution in [3.63, 3.8) is 0 Å². The Kier molecular flexibility index (Phi) is 5.08. The largest absolute Gasteiger partial charge is 0.389 e. The minimum atomic E-state index is -0.719. The van der Waals surface area contributed by atoms with E-state index in [2.05, 4.69) is 48.6 Å². The average Bonchev–Trinajstić information content (AvgIpc) is 2.93. The summed E-state index contributed by atoms with van der Waals surface area (Å²) in [4.78, 5) is 24.3. The molecule has 7 heteroatoms. The Labute approximate surface area is 152 Å². The molecular formula is C19H24N4O3. The number of nitrogens with one attached hydrogen (secondary N) is 2. The molecule has 1 aromatic carbocycles. The molecule has 0 saturated carbocycles. The van der Waals surface area contributed by atoms with E-state index in [9.17, 15) is 14.7 Å². The number of rotatable bonds is 4. The maximum Gasteiger partial charge on any atom is 0.271 e. The van der Waals surface area contributed by atoms with Crippen LogP contribution in [0.4, 0.5) is 0 Å². The second-order valence-corrected chi connectivity index (χ2v) is 6.84. The third-order valence-corrected chi connectivity index (χ3v) is 4.63. The number of carbonyl (C=O) groups is 2. The number of benzene rings is 1. The minimum absolute atomic E-state index is 0.180. The molecule has 3 rings (SSSR count). The van der Waals surface area contributed by atoms with Crippen LogP contribution < -0.4 is 10.6 Å². The molecule has 0 radical (unpaired) electrons. The van der Waals surface area contributed by atoms with Gasteiger partial charge >= 0.3 is 0 Å². The highest BCUT2D eigenvalue weighted by Crippen LogP contribution is 2.16. The maximum absolute atomic E-state index is 12.4. The zero-order valence-electron chi connectivity index (χ0n) is 15.3. The van der Waals surface area contributed by atoms with Crippen LogP contribution in [0.15, 0.2) is 18.2 Å². The first-order valence-corrected chi connectivity index (χ1v) is 8.74. The van der Waals surface area contributed by atoms with Crippen LogP contribution in [0.2, 0.25) is 0 Å². The number of β-amino-alcohol motifs (C(OH)–C–C–N with tert-alkyl or cyclic N) is 1. The quantitative estimate of drug-likeness (QED) is 0.758. The fraction of sp³-hybridized carbons (Fsp3) is 0.421. The van der Waals surface area contributed by atoms with Gasteiger partial charge in [0.1, 0.15) is 5.69 Å². The third kappa shape index (κ3) is 3.77. The van der Waals surface area contributed by atoms with Crippen LogP contribution in [0.25, 0.3) is 0 Å². The van der Waals surface area contributed by atoms with Crippen LogP contribution in [0.1, 0.15) is 43.2 Å². The Hall–Kier alpha value is -2.67. The summed E-state index contributed by atoms with van der Waals surface area (Å²) >= 11 is 0. The van der Waals surface area contributed by atoms with Gasteiger partial charge in [-0.3, -0.25) is 14.3 Å². The molecule has 1 unspecified atom stereocenters. The number of carbonyl (C=O) groups excluding carboxylic acids is 2. The summed E-state index contributed by atoms with van der Waals surface area (Å²) in [7, 11) is 0. The van der Waals surface area contributed by atoms with E-state index >= 15 is 0 Å². The molecule has 0 saturated heterocycles. The Balaban J connectivity index is 1.66. The van der Waals surface area contributed by atoms with Gasteiger partial charge in [0.15, 0.2) is 5.69 Å². The van der Waals surface area contributed by atoms with Gasteiger partial charge in [-0.05, 0) is 43.9 Å². The lowest BCUT2D eigenvalue weighted by Crippen LogP contribution is -2.30. The standard InChI is InChI=1S/C19H24N4O3/c1-11-6-12(2)15(13(3)7-11)4-5-20-18(25)16-8-17-19(26)21-9-14(24)10-23(17)22-16/h6-8,14,24H,4-5,9-10H2,1-3H3,(H,20,25)(H,21,26). The summed E-state index contributed by atoms with van der Waals surface area (Å²) in [6.45, 7) is 7.07. The number of hydrogen-bond donors (Lipinski definition) is 3. The van der Waals surface area contributed by atoms with Gasteiger partial charge in [-0.2, -0.15) is 5.10 Å². The van der Waals surface area contributed by atoms with Gasteiger partial charge < -0.3 is 15.7 Å². The van der Waals surface area contributed by atoms with Gasteiger partial charge in [0.25, 0.3) is 11.8 Å². The highest BCUT2D eigenvalue weighted by Gasteiger charge is 2.24. The summed E-state index contributed by atoms with van der Waals surface area (Å²) in [5.41, 5.74) is 5.37. The number of hydrogen-bond acceptors (Lipinski definition) is 4. The number of aliphatic hydroxyl groups excluding tert-OH is 1. The van der Waals surface area contributed by atoms with Crippen LogP contribution in [-0.4, -0.2) is 45.9 Å². The smallest absolute Gasteiger partial charge is 0.271 e. The SMILES string of the molecule is Cc1cc(C)c(CCNC(=O)c2cc3n(n2)CC(O)CNC3=O)c(C)c1. The first-order valence-electron chi connectivity index (χ1n) is 8.74. The fourth-order valence-electron chi connectivity index (χ4n) is 3.41. The monoisotopic (exact) mass is 356 g/mol. The number of aryl methyl sites for hydroxylation is 3. The van der Waals surface area contributed by atoms with Crippen LogP contribution >= 0.6 is 0 Å². The Morgan fingerprint density at radius 1 is 1.31 bits per heavy atom. The molecule has 2 aromatic rings. The lowest BCUT2D eigenvalue weighted by molar-refractivity contribution is 0.0931. The number of nitrogens with zero attached hydrogens (tertiary/aromatic N) is 2. The molecule has 2 heterocycles. The van der Waals surface area contributed by atoms with Crippen molar-refractivity contribution in [3.05, 3.63) is 51.8 Å². The van der Waals surface area contributed by atoms with Crippen molar-refractivity contribution in [1.82, 2.24) is 20.4 Å². The van der Waals surface area contributed by atoms with E-state index in [0.29, 0.717) is 6.54 Å². The molecule has 1 aliphatic heterocycles. The summed E-state index contributed by atoms with van der Waals surface area (Å²) in [6.07, 6.45) is 0.0136. The molecule has 0 bridgehead atoms. The van der Waals surface area contributed by atoms with Crippen LogP contribution in [0, 0.1) is 20.8 Å². The number of aliphatic hydroxyl groups is 1. The molecule has 7 nitrogen and oxygen atoms in total. The van der Waals surface area contributed by atoms with Crippen LogP contribution in [0.5, 0.6) is 0 Å². The molecule has 0 aliphatic carbocycles. The summed E-state index contributed by atoms with van der Waals surface area (Å²) in [5.74, 6) is -0.658. The molecule has 26 heavy (non-hydrogen) atoms. The molecule has 3 N–H and O–H groups in total. The highest BCUT2D eigenvalue weighted by atomic mass is 16.3. The van der Waals surface area contributed by atoms with Gasteiger partial charge in [-0.1, -0.05) is 17.7 Å². The lowest BCUT2D eigenvalue weighted by Gasteiger charge is -2.11. The minimum Gasteiger partial charge on any atom is -0.389 e. The summed E-state index contributed by atoms with van der Waals surface area (Å²) in [6, 6.07) is 5.74. The molecule has 1 aliphatic rings. The highest BCUT2D eigenvalue weighted by molar-refractivity contribution is 5.98. The number of fused-ring (bicyclic) bond motifs is 1. The van der Waals surface area contributed by atoms with Gasteiger partial charge in [-0.15, -0.1) is 0 Å². The molecule has 138 valence electrons. The van der Waals surface area contributed by atoms with E-state index in [-0.39, 0.29) is 36.3 Å². The van der Waals surface area contributed by atoms with E-state index in [1.807, 2.05) is 0 Å². The van der Waals surface area contributed by atoms with E-state index in [1.165, 1.54) is 33.0 Å².